The fourth-order valence-corrected chi connectivity index (χ4v) is 2.16. The van der Waals surface area contributed by atoms with E-state index in [1.807, 2.05) is 7.05 Å². The van der Waals surface area contributed by atoms with Gasteiger partial charge in [-0.3, -0.25) is 4.79 Å². The van der Waals surface area contributed by atoms with Crippen LogP contribution in [0.3, 0.4) is 0 Å². The first-order valence-corrected chi connectivity index (χ1v) is 7.08. The van der Waals surface area contributed by atoms with Crippen LogP contribution in [0.5, 0.6) is 0 Å². The molecule has 0 aliphatic carbocycles. The molecule has 2 rings (SSSR count). The third kappa shape index (κ3) is 4.19. The van der Waals surface area contributed by atoms with Crippen LogP contribution in [0.25, 0.3) is 0 Å². The number of rotatable bonds is 6. The first-order valence-electron chi connectivity index (χ1n) is 7.08. The summed E-state index contributed by atoms with van der Waals surface area (Å²) in [4.78, 5) is 13.1. The van der Waals surface area contributed by atoms with Gasteiger partial charge in [0.15, 0.2) is 0 Å². The SMILES string of the molecule is CC(C)CNCc1nnc(NC2CCC(=O)N(C)C2)o1. The molecule has 2 heterocycles. The van der Waals surface area contributed by atoms with Crippen LogP contribution >= 0.6 is 0 Å². The normalized spacial score (nSPS) is 19.7. The van der Waals surface area contributed by atoms with Crippen molar-refractivity contribution in [1.82, 2.24) is 20.4 Å². The Morgan fingerprint density at radius 1 is 1.45 bits per heavy atom. The maximum absolute atomic E-state index is 11.4. The van der Waals surface area contributed by atoms with Crippen molar-refractivity contribution < 1.29 is 9.21 Å². The zero-order valence-electron chi connectivity index (χ0n) is 12.3. The van der Waals surface area contributed by atoms with Gasteiger partial charge in [0.1, 0.15) is 0 Å². The lowest BCUT2D eigenvalue weighted by molar-refractivity contribution is -0.132. The molecule has 0 aromatic carbocycles. The van der Waals surface area contributed by atoms with Crippen LogP contribution in [0, 0.1) is 5.92 Å². The molecule has 20 heavy (non-hydrogen) atoms. The highest BCUT2D eigenvalue weighted by molar-refractivity contribution is 5.76. The van der Waals surface area contributed by atoms with Gasteiger partial charge in [-0.05, 0) is 18.9 Å². The van der Waals surface area contributed by atoms with E-state index < -0.39 is 0 Å². The highest BCUT2D eigenvalue weighted by atomic mass is 16.4. The number of carbonyl (C=O) groups excluding carboxylic acids is 1. The maximum atomic E-state index is 11.4. The van der Waals surface area contributed by atoms with Gasteiger partial charge in [0.05, 0.1) is 6.54 Å². The fourth-order valence-electron chi connectivity index (χ4n) is 2.16. The van der Waals surface area contributed by atoms with E-state index in [2.05, 4.69) is 34.7 Å². The molecular formula is C13H23N5O2. The van der Waals surface area contributed by atoms with Gasteiger partial charge in [0.25, 0.3) is 0 Å². The van der Waals surface area contributed by atoms with Gasteiger partial charge in [-0.1, -0.05) is 18.9 Å². The van der Waals surface area contributed by atoms with Crippen molar-refractivity contribution in [2.75, 3.05) is 25.5 Å². The number of hydrogen-bond donors (Lipinski definition) is 2. The molecule has 0 radical (unpaired) electrons. The monoisotopic (exact) mass is 281 g/mol. The average molecular weight is 281 g/mol. The van der Waals surface area contributed by atoms with Crippen molar-refractivity contribution in [1.29, 1.82) is 0 Å². The predicted octanol–water partition coefficient (Wildman–Crippen LogP) is 0.848. The number of piperidine rings is 1. The number of likely N-dealkylation sites (N-methyl/N-ethyl adjacent to an activating group) is 1. The number of aromatic nitrogens is 2. The van der Waals surface area contributed by atoms with Crippen molar-refractivity contribution in [2.45, 2.75) is 39.3 Å². The Labute approximate surface area is 119 Å². The van der Waals surface area contributed by atoms with Crippen LogP contribution in [0.1, 0.15) is 32.6 Å². The summed E-state index contributed by atoms with van der Waals surface area (Å²) in [6.45, 7) is 6.46. The molecule has 0 spiro atoms. The molecule has 1 saturated heterocycles. The summed E-state index contributed by atoms with van der Waals surface area (Å²) in [7, 11) is 1.81. The number of anilines is 1. The van der Waals surface area contributed by atoms with Crippen LogP contribution in [-0.4, -0.2) is 47.2 Å². The molecule has 1 aromatic heterocycles. The molecular weight excluding hydrogens is 258 g/mol. The molecule has 1 unspecified atom stereocenters. The standard InChI is InChI=1S/C13H23N5O2/c1-9(2)6-14-7-11-16-17-13(20-11)15-10-4-5-12(19)18(3)8-10/h9-10,14H,4-8H2,1-3H3,(H,15,17). The second-order valence-corrected chi connectivity index (χ2v) is 5.68. The summed E-state index contributed by atoms with van der Waals surface area (Å²) in [5.41, 5.74) is 0. The molecule has 112 valence electrons. The molecule has 7 nitrogen and oxygen atoms in total. The van der Waals surface area contributed by atoms with Gasteiger partial charge in [-0.25, -0.2) is 0 Å². The van der Waals surface area contributed by atoms with Crippen molar-refractivity contribution in [3.8, 4) is 0 Å². The van der Waals surface area contributed by atoms with Crippen LogP contribution in [0.15, 0.2) is 4.42 Å². The smallest absolute Gasteiger partial charge is 0.315 e. The third-order valence-corrected chi connectivity index (χ3v) is 3.25. The van der Waals surface area contributed by atoms with Gasteiger partial charge in [0, 0.05) is 26.1 Å². The Morgan fingerprint density at radius 3 is 2.95 bits per heavy atom. The lowest BCUT2D eigenvalue weighted by Crippen LogP contribution is -2.43. The second-order valence-electron chi connectivity index (χ2n) is 5.68. The van der Waals surface area contributed by atoms with E-state index >= 15 is 0 Å². The summed E-state index contributed by atoms with van der Waals surface area (Å²) in [6, 6.07) is 0.605. The molecule has 1 fully saturated rings. The summed E-state index contributed by atoms with van der Waals surface area (Å²) in [5.74, 6) is 1.35. The second kappa shape index (κ2) is 6.69. The van der Waals surface area contributed by atoms with E-state index in [-0.39, 0.29) is 11.9 Å². The number of nitrogens with zero attached hydrogens (tertiary/aromatic N) is 3. The zero-order valence-corrected chi connectivity index (χ0v) is 12.3. The van der Waals surface area contributed by atoms with E-state index in [1.165, 1.54) is 0 Å². The first-order chi connectivity index (χ1) is 9.54. The Balaban J connectivity index is 1.79. The summed E-state index contributed by atoms with van der Waals surface area (Å²) < 4.78 is 5.53. The van der Waals surface area contributed by atoms with Gasteiger partial charge >= 0.3 is 6.01 Å². The van der Waals surface area contributed by atoms with Crippen molar-refractivity contribution in [3.05, 3.63) is 5.89 Å². The quantitative estimate of drug-likeness (QED) is 0.804. The molecule has 2 N–H and O–H groups in total. The van der Waals surface area contributed by atoms with Gasteiger partial charge in [-0.2, -0.15) is 0 Å². The third-order valence-electron chi connectivity index (χ3n) is 3.25. The largest absolute Gasteiger partial charge is 0.407 e. The van der Waals surface area contributed by atoms with Crippen molar-refractivity contribution in [2.24, 2.45) is 5.92 Å². The zero-order chi connectivity index (χ0) is 14.5. The lowest BCUT2D eigenvalue weighted by Gasteiger charge is -2.29. The number of likely N-dealkylation sites (tertiary alicyclic amines) is 1. The van der Waals surface area contributed by atoms with Gasteiger partial charge in [0.2, 0.25) is 11.8 Å². The maximum Gasteiger partial charge on any atom is 0.315 e. The van der Waals surface area contributed by atoms with Gasteiger partial charge < -0.3 is 20.0 Å². The Morgan fingerprint density at radius 2 is 2.25 bits per heavy atom. The summed E-state index contributed by atoms with van der Waals surface area (Å²) >= 11 is 0. The summed E-state index contributed by atoms with van der Waals surface area (Å²) in [6.07, 6.45) is 1.36. The molecule has 1 aliphatic heterocycles. The number of amides is 1. The topological polar surface area (TPSA) is 83.3 Å². The van der Waals surface area contributed by atoms with E-state index in [9.17, 15) is 4.79 Å². The van der Waals surface area contributed by atoms with Crippen LogP contribution in [0.2, 0.25) is 0 Å². The molecule has 1 atom stereocenters. The average Bonchev–Trinajstić information content (AvgIpc) is 2.81. The van der Waals surface area contributed by atoms with Crippen molar-refractivity contribution in [3.63, 3.8) is 0 Å². The molecule has 1 aliphatic rings. The predicted molar refractivity (Wildman–Crippen MR) is 75.1 cm³/mol. The Bertz CT molecular complexity index is 446. The minimum atomic E-state index is 0.176. The van der Waals surface area contributed by atoms with E-state index in [0.717, 1.165) is 13.0 Å². The molecule has 1 aromatic rings. The molecule has 1 amide bonds. The number of carbonyl (C=O) groups is 1. The summed E-state index contributed by atoms with van der Waals surface area (Å²) in [5, 5.41) is 14.4. The lowest BCUT2D eigenvalue weighted by atomic mass is 10.1. The minimum absolute atomic E-state index is 0.176. The van der Waals surface area contributed by atoms with Crippen LogP contribution < -0.4 is 10.6 Å². The number of hydrogen-bond acceptors (Lipinski definition) is 6. The van der Waals surface area contributed by atoms with Crippen LogP contribution in [-0.2, 0) is 11.3 Å². The Kier molecular flexibility index (Phi) is 4.94. The van der Waals surface area contributed by atoms with Crippen LogP contribution in [0.4, 0.5) is 6.01 Å². The van der Waals surface area contributed by atoms with Crippen molar-refractivity contribution >= 4 is 11.9 Å². The van der Waals surface area contributed by atoms with Gasteiger partial charge in [-0.15, -0.1) is 5.10 Å². The first kappa shape index (κ1) is 14.8. The fraction of sp³-hybridized carbons (Fsp3) is 0.769. The Hall–Kier alpha value is -1.63. The number of nitrogens with one attached hydrogen (secondary N) is 2. The van der Waals surface area contributed by atoms with E-state index in [1.54, 1.807) is 4.90 Å². The highest BCUT2D eigenvalue weighted by Gasteiger charge is 2.23. The molecule has 0 saturated carbocycles. The molecule has 7 heteroatoms. The highest BCUT2D eigenvalue weighted by Crippen LogP contribution is 2.15. The minimum Gasteiger partial charge on any atom is -0.407 e. The van der Waals surface area contributed by atoms with E-state index in [0.29, 0.717) is 37.3 Å². The van der Waals surface area contributed by atoms with E-state index in [4.69, 9.17) is 4.42 Å². The molecule has 0 bridgehead atoms.